The van der Waals surface area contributed by atoms with E-state index in [9.17, 15) is 14.4 Å². The number of rotatable bonds is 7. The summed E-state index contributed by atoms with van der Waals surface area (Å²) in [6.45, 7) is 8.58. The second-order valence-corrected chi connectivity index (χ2v) is 9.17. The van der Waals surface area contributed by atoms with Gasteiger partial charge in [-0.05, 0) is 51.3 Å². The third kappa shape index (κ3) is 7.06. The lowest BCUT2D eigenvalue weighted by Crippen LogP contribution is -2.35. The number of hydrogen-bond donors (Lipinski definition) is 4. The molecule has 2 aromatic rings. The fourth-order valence-corrected chi connectivity index (χ4v) is 3.50. The monoisotopic (exact) mass is 469 g/mol. The van der Waals surface area contributed by atoms with Crippen LogP contribution in [0.2, 0.25) is 0 Å². The van der Waals surface area contributed by atoms with Crippen molar-refractivity contribution >= 4 is 41.0 Å². The van der Waals surface area contributed by atoms with Crippen molar-refractivity contribution in [3.05, 3.63) is 36.0 Å². The predicted octanol–water partition coefficient (Wildman–Crippen LogP) is 2.95. The summed E-state index contributed by atoms with van der Waals surface area (Å²) in [5, 5.41) is 8.95. The SMILES string of the molecule is CC(=O)Nc1cccc(Nc2ncc(C(N)=O)c(NCC3CCN(C(=O)OC(C)(C)C)C3)n2)c1. The smallest absolute Gasteiger partial charge is 0.410 e. The summed E-state index contributed by atoms with van der Waals surface area (Å²) in [4.78, 5) is 45.7. The zero-order valence-electron chi connectivity index (χ0n) is 19.8. The molecule has 11 heteroatoms. The van der Waals surface area contributed by atoms with Gasteiger partial charge >= 0.3 is 6.09 Å². The maximum absolute atomic E-state index is 12.3. The standard InChI is InChI=1S/C23H31N7O4/c1-14(31)27-16-6-5-7-17(10-16)28-21-26-12-18(19(24)32)20(29-21)25-11-15-8-9-30(13-15)22(33)34-23(2,3)4/h5-7,10,12,15H,8-9,11,13H2,1-4H3,(H2,24,32)(H,27,31)(H2,25,26,28,29). The van der Waals surface area contributed by atoms with Crippen molar-refractivity contribution in [1.29, 1.82) is 0 Å². The molecule has 2 heterocycles. The van der Waals surface area contributed by atoms with Gasteiger partial charge in [0.05, 0.1) is 5.56 Å². The molecule has 0 spiro atoms. The van der Waals surface area contributed by atoms with Crippen molar-refractivity contribution in [2.75, 3.05) is 35.6 Å². The van der Waals surface area contributed by atoms with Crippen molar-refractivity contribution in [2.45, 2.75) is 39.7 Å². The minimum Gasteiger partial charge on any atom is -0.444 e. The van der Waals surface area contributed by atoms with E-state index in [1.54, 1.807) is 29.2 Å². The second-order valence-electron chi connectivity index (χ2n) is 9.17. The summed E-state index contributed by atoms with van der Waals surface area (Å²) < 4.78 is 5.44. The Morgan fingerprint density at radius 1 is 1.24 bits per heavy atom. The molecule has 0 bridgehead atoms. The number of benzene rings is 1. The number of anilines is 4. The summed E-state index contributed by atoms with van der Waals surface area (Å²) in [6.07, 6.45) is 1.83. The van der Waals surface area contributed by atoms with Crippen LogP contribution in [0.4, 0.5) is 27.9 Å². The highest BCUT2D eigenvalue weighted by atomic mass is 16.6. The summed E-state index contributed by atoms with van der Waals surface area (Å²) in [7, 11) is 0. The molecule has 1 aliphatic rings. The Hall–Kier alpha value is -3.89. The molecule has 1 fully saturated rings. The molecule has 1 unspecified atom stereocenters. The number of nitrogens with one attached hydrogen (secondary N) is 3. The summed E-state index contributed by atoms with van der Waals surface area (Å²) in [5.74, 6) is -0.103. The third-order valence-corrected chi connectivity index (χ3v) is 4.99. The molecule has 0 aliphatic carbocycles. The average molecular weight is 470 g/mol. The number of aromatic nitrogens is 2. The van der Waals surface area contributed by atoms with Crippen LogP contribution in [-0.4, -0.2) is 58.0 Å². The summed E-state index contributed by atoms with van der Waals surface area (Å²) >= 11 is 0. The van der Waals surface area contributed by atoms with Crippen molar-refractivity contribution < 1.29 is 19.1 Å². The third-order valence-electron chi connectivity index (χ3n) is 4.99. The van der Waals surface area contributed by atoms with E-state index in [-0.39, 0.29) is 29.4 Å². The van der Waals surface area contributed by atoms with Crippen LogP contribution in [0.1, 0.15) is 44.5 Å². The molecule has 0 radical (unpaired) electrons. The van der Waals surface area contributed by atoms with Gasteiger partial charge in [-0.3, -0.25) is 9.59 Å². The van der Waals surface area contributed by atoms with E-state index in [1.165, 1.54) is 13.1 Å². The van der Waals surface area contributed by atoms with Crippen molar-refractivity contribution in [2.24, 2.45) is 11.7 Å². The van der Waals surface area contributed by atoms with Crippen LogP contribution in [-0.2, 0) is 9.53 Å². The van der Waals surface area contributed by atoms with Crippen LogP contribution < -0.4 is 21.7 Å². The average Bonchev–Trinajstić information content (AvgIpc) is 3.20. The molecule has 182 valence electrons. The largest absolute Gasteiger partial charge is 0.444 e. The van der Waals surface area contributed by atoms with Crippen molar-refractivity contribution in [3.63, 3.8) is 0 Å². The highest BCUT2D eigenvalue weighted by molar-refractivity contribution is 5.97. The van der Waals surface area contributed by atoms with Crippen LogP contribution >= 0.6 is 0 Å². The topological polar surface area (TPSA) is 152 Å². The van der Waals surface area contributed by atoms with E-state index in [4.69, 9.17) is 10.5 Å². The molecule has 34 heavy (non-hydrogen) atoms. The van der Waals surface area contributed by atoms with E-state index in [1.807, 2.05) is 20.8 Å². The molecular formula is C23H31N7O4. The lowest BCUT2D eigenvalue weighted by atomic mass is 10.1. The van der Waals surface area contributed by atoms with Gasteiger partial charge in [0.1, 0.15) is 11.4 Å². The zero-order valence-corrected chi connectivity index (χ0v) is 19.8. The van der Waals surface area contributed by atoms with Gasteiger partial charge in [0.15, 0.2) is 0 Å². The van der Waals surface area contributed by atoms with E-state index in [0.717, 1.165) is 6.42 Å². The molecule has 3 rings (SSSR count). The van der Waals surface area contributed by atoms with Crippen molar-refractivity contribution in [3.8, 4) is 0 Å². The van der Waals surface area contributed by atoms with Crippen LogP contribution in [0.3, 0.4) is 0 Å². The van der Waals surface area contributed by atoms with Crippen LogP contribution in [0.25, 0.3) is 0 Å². The number of hydrogen-bond acceptors (Lipinski definition) is 8. The molecule has 5 N–H and O–H groups in total. The lowest BCUT2D eigenvalue weighted by molar-refractivity contribution is -0.114. The zero-order chi connectivity index (χ0) is 24.9. The molecule has 3 amide bonds. The Morgan fingerprint density at radius 2 is 1.97 bits per heavy atom. The number of nitrogens with zero attached hydrogens (tertiary/aromatic N) is 3. The maximum atomic E-state index is 12.3. The molecule has 0 saturated carbocycles. The molecule has 1 aromatic carbocycles. The number of carbonyl (C=O) groups excluding carboxylic acids is 3. The first-order valence-corrected chi connectivity index (χ1v) is 11.0. The normalized spacial score (nSPS) is 15.5. The van der Waals surface area contributed by atoms with Gasteiger partial charge in [-0.25, -0.2) is 9.78 Å². The Morgan fingerprint density at radius 3 is 2.65 bits per heavy atom. The fraction of sp³-hybridized carbons (Fsp3) is 0.435. The lowest BCUT2D eigenvalue weighted by Gasteiger charge is -2.24. The molecule has 1 aromatic heterocycles. The number of primary amides is 1. The van der Waals surface area contributed by atoms with E-state index in [0.29, 0.717) is 36.8 Å². The molecule has 1 aliphatic heterocycles. The van der Waals surface area contributed by atoms with E-state index >= 15 is 0 Å². The highest BCUT2D eigenvalue weighted by Crippen LogP contribution is 2.23. The molecular weight excluding hydrogens is 438 g/mol. The minimum atomic E-state index is -0.650. The first-order chi connectivity index (χ1) is 16.0. The minimum absolute atomic E-state index is 0.161. The number of ether oxygens (including phenoxy) is 1. The first-order valence-electron chi connectivity index (χ1n) is 11.0. The number of amides is 3. The summed E-state index contributed by atoms with van der Waals surface area (Å²) in [6, 6.07) is 7.08. The van der Waals surface area contributed by atoms with Crippen LogP contribution in [0.5, 0.6) is 0 Å². The molecule has 1 atom stereocenters. The van der Waals surface area contributed by atoms with Gasteiger partial charge < -0.3 is 31.3 Å². The molecule has 11 nitrogen and oxygen atoms in total. The Labute approximate surface area is 198 Å². The van der Waals surface area contributed by atoms with E-state index < -0.39 is 11.5 Å². The van der Waals surface area contributed by atoms with Gasteiger partial charge in [0.25, 0.3) is 5.91 Å². The maximum Gasteiger partial charge on any atom is 0.410 e. The Kier molecular flexibility index (Phi) is 7.54. The number of carbonyl (C=O) groups is 3. The quantitative estimate of drug-likeness (QED) is 0.483. The highest BCUT2D eigenvalue weighted by Gasteiger charge is 2.30. The Bertz CT molecular complexity index is 1070. The van der Waals surface area contributed by atoms with Gasteiger partial charge in [0.2, 0.25) is 11.9 Å². The number of likely N-dealkylation sites (tertiary alicyclic amines) is 1. The second kappa shape index (κ2) is 10.4. The first kappa shape index (κ1) is 24.7. The molecule has 1 saturated heterocycles. The summed E-state index contributed by atoms with van der Waals surface area (Å²) in [5.41, 5.74) is 6.40. The van der Waals surface area contributed by atoms with Gasteiger partial charge in [-0.15, -0.1) is 0 Å². The van der Waals surface area contributed by atoms with Gasteiger partial charge in [-0.1, -0.05) is 6.07 Å². The van der Waals surface area contributed by atoms with Crippen LogP contribution in [0, 0.1) is 5.92 Å². The van der Waals surface area contributed by atoms with Gasteiger partial charge in [-0.2, -0.15) is 4.98 Å². The Balaban J connectivity index is 1.66. The van der Waals surface area contributed by atoms with Gasteiger partial charge in [0, 0.05) is 44.1 Å². The number of nitrogens with two attached hydrogens (primary N) is 1. The van der Waals surface area contributed by atoms with Crippen LogP contribution in [0.15, 0.2) is 30.5 Å². The van der Waals surface area contributed by atoms with Crippen molar-refractivity contribution in [1.82, 2.24) is 14.9 Å². The van der Waals surface area contributed by atoms with E-state index in [2.05, 4.69) is 25.9 Å². The predicted molar refractivity (Wildman–Crippen MR) is 129 cm³/mol. The fourth-order valence-electron chi connectivity index (χ4n) is 3.50.